The minimum Gasteiger partial charge on any atom is -0.496 e. The zero-order valence-electron chi connectivity index (χ0n) is 14.9. The molecule has 1 amide bonds. The molecule has 3 aliphatic rings. The molecule has 26 heavy (non-hydrogen) atoms. The van der Waals surface area contributed by atoms with Crippen LogP contribution in [0.1, 0.15) is 42.5 Å². The summed E-state index contributed by atoms with van der Waals surface area (Å²) in [7, 11) is 1.55. The van der Waals surface area contributed by atoms with E-state index in [1.807, 2.05) is 0 Å². The molecule has 1 aliphatic carbocycles. The van der Waals surface area contributed by atoms with Crippen molar-refractivity contribution in [3.8, 4) is 5.75 Å². The highest BCUT2D eigenvalue weighted by Gasteiger charge is 2.47. The van der Waals surface area contributed by atoms with Crippen LogP contribution in [0.4, 0.5) is 0 Å². The number of thioether (sulfide) groups is 1. The van der Waals surface area contributed by atoms with Crippen LogP contribution < -0.4 is 4.74 Å². The van der Waals surface area contributed by atoms with E-state index in [1.54, 1.807) is 37.1 Å². The Bertz CT molecular complexity index is 729. The third-order valence-electron chi connectivity index (χ3n) is 5.36. The van der Waals surface area contributed by atoms with Gasteiger partial charge in [0.05, 0.1) is 18.8 Å². The SMILES string of the molecule is COc1ccc(Cl)cc1C(=O)N=C1SC2(CCC2)CN1C[C@H]1CCCO1. The molecule has 7 heteroatoms. The quantitative estimate of drug-likeness (QED) is 0.772. The molecule has 140 valence electrons. The minimum absolute atomic E-state index is 0.232. The highest BCUT2D eigenvalue weighted by atomic mass is 35.5. The summed E-state index contributed by atoms with van der Waals surface area (Å²) in [5.41, 5.74) is 0.403. The fourth-order valence-corrected chi connectivity index (χ4v) is 5.47. The molecule has 1 aromatic carbocycles. The first-order valence-electron chi connectivity index (χ1n) is 9.11. The molecule has 0 unspecified atom stereocenters. The second kappa shape index (κ2) is 7.41. The maximum atomic E-state index is 12.8. The molecule has 0 N–H and O–H groups in total. The lowest BCUT2D eigenvalue weighted by Gasteiger charge is -2.36. The molecule has 0 bridgehead atoms. The van der Waals surface area contributed by atoms with Gasteiger partial charge in [0.15, 0.2) is 5.17 Å². The van der Waals surface area contributed by atoms with Gasteiger partial charge < -0.3 is 14.4 Å². The number of benzene rings is 1. The van der Waals surface area contributed by atoms with Gasteiger partial charge in [-0.2, -0.15) is 4.99 Å². The van der Waals surface area contributed by atoms with Crippen molar-refractivity contribution in [3.63, 3.8) is 0 Å². The number of amidine groups is 1. The topological polar surface area (TPSA) is 51.1 Å². The van der Waals surface area contributed by atoms with Crippen molar-refractivity contribution in [1.82, 2.24) is 4.90 Å². The molecule has 0 radical (unpaired) electrons. The number of halogens is 1. The van der Waals surface area contributed by atoms with Crippen LogP contribution in [0.15, 0.2) is 23.2 Å². The van der Waals surface area contributed by atoms with Crippen LogP contribution in [-0.4, -0.2) is 53.6 Å². The molecule has 4 rings (SSSR count). The molecule has 3 fully saturated rings. The lowest BCUT2D eigenvalue weighted by atomic mass is 9.84. The highest BCUT2D eigenvalue weighted by molar-refractivity contribution is 8.15. The Balaban J connectivity index is 1.58. The van der Waals surface area contributed by atoms with Crippen molar-refractivity contribution in [2.75, 3.05) is 26.8 Å². The molecular formula is C19H23ClN2O3S. The van der Waals surface area contributed by atoms with Crippen LogP contribution in [0.25, 0.3) is 0 Å². The van der Waals surface area contributed by atoms with Crippen molar-refractivity contribution >= 4 is 34.4 Å². The number of carbonyl (C=O) groups excluding carboxylic acids is 1. The number of ether oxygens (including phenoxy) is 2. The fourth-order valence-electron chi connectivity index (χ4n) is 3.80. The van der Waals surface area contributed by atoms with Crippen LogP contribution in [0.2, 0.25) is 5.02 Å². The van der Waals surface area contributed by atoms with Crippen molar-refractivity contribution in [3.05, 3.63) is 28.8 Å². The second-order valence-corrected chi connectivity index (χ2v) is 9.07. The zero-order chi connectivity index (χ0) is 18.1. The molecule has 1 spiro atoms. The molecule has 2 heterocycles. The smallest absolute Gasteiger partial charge is 0.283 e. The van der Waals surface area contributed by atoms with Gasteiger partial charge in [-0.1, -0.05) is 29.8 Å². The maximum Gasteiger partial charge on any atom is 0.283 e. The van der Waals surface area contributed by atoms with Crippen LogP contribution >= 0.6 is 23.4 Å². The highest BCUT2D eigenvalue weighted by Crippen LogP contribution is 2.50. The van der Waals surface area contributed by atoms with Crippen molar-refractivity contribution in [2.45, 2.75) is 43.0 Å². The number of hydrogen-bond acceptors (Lipinski definition) is 4. The van der Waals surface area contributed by atoms with Crippen LogP contribution in [0.3, 0.4) is 0 Å². The Labute approximate surface area is 163 Å². The predicted octanol–water partition coefficient (Wildman–Crippen LogP) is 4.00. The molecule has 5 nitrogen and oxygen atoms in total. The summed E-state index contributed by atoms with van der Waals surface area (Å²) in [6.45, 7) is 2.60. The zero-order valence-corrected chi connectivity index (χ0v) is 16.4. The van der Waals surface area contributed by atoms with E-state index in [0.717, 1.165) is 37.7 Å². The lowest BCUT2D eigenvalue weighted by Crippen LogP contribution is -2.40. The number of rotatable bonds is 4. The van der Waals surface area contributed by atoms with Gasteiger partial charge in [0, 0.05) is 29.5 Å². The summed E-state index contributed by atoms with van der Waals surface area (Å²) >= 11 is 7.82. The van der Waals surface area contributed by atoms with Gasteiger partial charge in [-0.05, 0) is 43.9 Å². The van der Waals surface area contributed by atoms with E-state index in [0.29, 0.717) is 16.3 Å². The number of nitrogens with zero attached hydrogens (tertiary/aromatic N) is 2. The lowest BCUT2D eigenvalue weighted by molar-refractivity contribution is 0.0882. The second-order valence-electron chi connectivity index (χ2n) is 7.20. The normalized spacial score (nSPS) is 25.7. The Morgan fingerprint density at radius 3 is 2.96 bits per heavy atom. The molecule has 1 saturated carbocycles. The van der Waals surface area contributed by atoms with E-state index in [2.05, 4.69) is 9.89 Å². The number of hydrogen-bond donors (Lipinski definition) is 0. The van der Waals surface area contributed by atoms with Crippen molar-refractivity contribution < 1.29 is 14.3 Å². The van der Waals surface area contributed by atoms with E-state index < -0.39 is 0 Å². The Morgan fingerprint density at radius 2 is 2.31 bits per heavy atom. The van der Waals surface area contributed by atoms with E-state index in [1.165, 1.54) is 19.3 Å². The fraction of sp³-hybridized carbons (Fsp3) is 0.579. The number of amides is 1. The number of methoxy groups -OCH3 is 1. The van der Waals surface area contributed by atoms with Gasteiger partial charge in [-0.3, -0.25) is 4.79 Å². The Kier molecular flexibility index (Phi) is 5.17. The van der Waals surface area contributed by atoms with Crippen molar-refractivity contribution in [1.29, 1.82) is 0 Å². The van der Waals surface area contributed by atoms with E-state index >= 15 is 0 Å². The number of aliphatic imine (C=N–C) groups is 1. The molecular weight excluding hydrogens is 372 g/mol. The summed E-state index contributed by atoms with van der Waals surface area (Å²) in [6.07, 6.45) is 6.07. The molecule has 1 aromatic rings. The minimum atomic E-state index is -0.305. The van der Waals surface area contributed by atoms with Crippen LogP contribution in [0, 0.1) is 0 Å². The average Bonchev–Trinajstić information content (AvgIpc) is 3.23. The van der Waals surface area contributed by atoms with Crippen LogP contribution in [-0.2, 0) is 4.74 Å². The van der Waals surface area contributed by atoms with Gasteiger partial charge in [0.2, 0.25) is 0 Å². The monoisotopic (exact) mass is 394 g/mol. The summed E-state index contributed by atoms with van der Waals surface area (Å²) in [6, 6.07) is 5.03. The summed E-state index contributed by atoms with van der Waals surface area (Å²) < 4.78 is 11.3. The summed E-state index contributed by atoms with van der Waals surface area (Å²) in [4.78, 5) is 19.5. The van der Waals surface area contributed by atoms with Gasteiger partial charge >= 0.3 is 0 Å². The van der Waals surface area contributed by atoms with Gasteiger partial charge in [0.25, 0.3) is 5.91 Å². The summed E-state index contributed by atoms with van der Waals surface area (Å²) in [5, 5.41) is 1.31. The summed E-state index contributed by atoms with van der Waals surface area (Å²) in [5.74, 6) is 0.191. The first-order chi connectivity index (χ1) is 12.6. The van der Waals surface area contributed by atoms with E-state index in [9.17, 15) is 4.79 Å². The molecule has 2 saturated heterocycles. The molecule has 2 aliphatic heterocycles. The third kappa shape index (κ3) is 3.59. The first-order valence-corrected chi connectivity index (χ1v) is 10.3. The maximum absolute atomic E-state index is 12.8. The van der Waals surface area contributed by atoms with E-state index in [-0.39, 0.29) is 16.8 Å². The number of carbonyl (C=O) groups is 1. The van der Waals surface area contributed by atoms with E-state index in [4.69, 9.17) is 21.1 Å². The third-order valence-corrected chi connectivity index (χ3v) is 7.10. The largest absolute Gasteiger partial charge is 0.496 e. The standard InChI is InChI=1S/C19H23ClN2O3S/c1-24-16-6-5-13(20)10-15(16)17(23)21-18-22(11-14-4-2-9-25-14)12-19(26-18)7-3-8-19/h5-6,10,14H,2-4,7-9,11-12H2,1H3/t14-/m1/s1. The van der Waals surface area contributed by atoms with Crippen LogP contribution in [0.5, 0.6) is 5.75 Å². The van der Waals surface area contributed by atoms with Gasteiger partial charge in [-0.25, -0.2) is 0 Å². The first kappa shape index (κ1) is 18.1. The average molecular weight is 395 g/mol. The predicted molar refractivity (Wildman–Crippen MR) is 104 cm³/mol. The van der Waals surface area contributed by atoms with Gasteiger partial charge in [-0.15, -0.1) is 0 Å². The Hall–Kier alpha value is -1.24. The van der Waals surface area contributed by atoms with Gasteiger partial charge in [0.1, 0.15) is 5.75 Å². The molecule has 1 atom stereocenters. The Morgan fingerprint density at radius 1 is 1.46 bits per heavy atom. The molecule has 0 aromatic heterocycles. The van der Waals surface area contributed by atoms with Crippen molar-refractivity contribution in [2.24, 2.45) is 4.99 Å².